The Balaban J connectivity index is 2.67. The number of carbonyl (C=O) groups is 2. The predicted molar refractivity (Wildman–Crippen MR) is 63.9 cm³/mol. The van der Waals surface area contributed by atoms with Crippen molar-refractivity contribution in [3.8, 4) is 0 Å². The minimum Gasteiger partial charge on any atom is -0.353 e. The molecule has 1 N–H and O–H groups in total. The van der Waals surface area contributed by atoms with Crippen LogP contribution in [0.5, 0.6) is 0 Å². The first-order valence-corrected chi connectivity index (χ1v) is 5.16. The first kappa shape index (κ1) is 13.2. The van der Waals surface area contributed by atoms with Crippen LogP contribution in [-0.4, -0.2) is 24.1 Å². The van der Waals surface area contributed by atoms with Crippen LogP contribution in [0.15, 0.2) is 29.4 Å². The summed E-state index contributed by atoms with van der Waals surface area (Å²) in [7, 11) is 1.39. The Morgan fingerprint density at radius 3 is 2.41 bits per heavy atom. The molecule has 0 aliphatic heterocycles. The SMILES string of the molecule is CNC(=O)/C(Cl)=N/OC(=O)c1ccc(C)cc1. The summed E-state index contributed by atoms with van der Waals surface area (Å²) in [5.74, 6) is -1.30. The highest BCUT2D eigenvalue weighted by atomic mass is 35.5. The summed E-state index contributed by atoms with van der Waals surface area (Å²) in [6.07, 6.45) is 0. The summed E-state index contributed by atoms with van der Waals surface area (Å²) >= 11 is 5.45. The third kappa shape index (κ3) is 3.88. The van der Waals surface area contributed by atoms with Gasteiger partial charge in [0.25, 0.3) is 5.91 Å². The number of nitrogens with zero attached hydrogens (tertiary/aromatic N) is 1. The molecule has 1 aromatic rings. The van der Waals surface area contributed by atoms with E-state index in [1.807, 2.05) is 6.92 Å². The quantitative estimate of drug-likeness (QED) is 0.504. The zero-order valence-corrected chi connectivity index (χ0v) is 10.1. The Kier molecular flexibility index (Phi) is 4.66. The van der Waals surface area contributed by atoms with Crippen LogP contribution in [0.1, 0.15) is 15.9 Å². The minimum atomic E-state index is -0.674. The molecule has 0 aromatic heterocycles. The van der Waals surface area contributed by atoms with Crippen molar-refractivity contribution in [2.75, 3.05) is 7.05 Å². The molecule has 1 aromatic carbocycles. The molecule has 1 amide bonds. The van der Waals surface area contributed by atoms with Crippen molar-refractivity contribution in [2.45, 2.75) is 6.92 Å². The van der Waals surface area contributed by atoms with Crippen LogP contribution in [-0.2, 0) is 9.63 Å². The molecule has 1 rings (SSSR count). The molecular formula is C11H11ClN2O3. The van der Waals surface area contributed by atoms with E-state index in [9.17, 15) is 9.59 Å². The number of hydrogen-bond acceptors (Lipinski definition) is 4. The van der Waals surface area contributed by atoms with E-state index in [0.29, 0.717) is 5.56 Å². The average molecular weight is 255 g/mol. The molecule has 0 aliphatic rings. The normalized spacial score (nSPS) is 10.9. The number of nitrogens with one attached hydrogen (secondary N) is 1. The summed E-state index contributed by atoms with van der Waals surface area (Å²) in [5, 5.41) is 5.02. The molecule has 0 fully saturated rings. The highest BCUT2D eigenvalue weighted by Crippen LogP contribution is 2.05. The van der Waals surface area contributed by atoms with Crippen LogP contribution in [0.3, 0.4) is 0 Å². The van der Waals surface area contributed by atoms with Gasteiger partial charge in [0, 0.05) is 7.05 Å². The summed E-state index contributed by atoms with van der Waals surface area (Å²) in [5.41, 5.74) is 1.36. The minimum absolute atomic E-state index is 0.334. The van der Waals surface area contributed by atoms with Crippen molar-refractivity contribution in [3.63, 3.8) is 0 Å². The van der Waals surface area contributed by atoms with E-state index >= 15 is 0 Å². The van der Waals surface area contributed by atoms with Crippen molar-refractivity contribution in [1.82, 2.24) is 5.32 Å². The van der Waals surface area contributed by atoms with E-state index in [2.05, 4.69) is 15.3 Å². The van der Waals surface area contributed by atoms with Gasteiger partial charge in [0.1, 0.15) is 0 Å². The van der Waals surface area contributed by atoms with Crippen molar-refractivity contribution in [1.29, 1.82) is 0 Å². The third-order valence-electron chi connectivity index (χ3n) is 1.91. The standard InChI is InChI=1S/C11H11ClN2O3/c1-7-3-5-8(6-4-7)11(16)17-14-9(12)10(15)13-2/h3-6H,1-2H3,(H,13,15)/b14-9-. The fraction of sp³-hybridized carbons (Fsp3) is 0.182. The van der Waals surface area contributed by atoms with Crippen molar-refractivity contribution in [3.05, 3.63) is 35.4 Å². The number of hydrogen-bond donors (Lipinski definition) is 1. The van der Waals surface area contributed by atoms with Crippen LogP contribution < -0.4 is 5.32 Å². The highest BCUT2D eigenvalue weighted by molar-refractivity contribution is 6.82. The number of carbonyl (C=O) groups excluding carboxylic acids is 2. The van der Waals surface area contributed by atoms with E-state index < -0.39 is 17.0 Å². The lowest BCUT2D eigenvalue weighted by molar-refractivity contribution is -0.114. The molecule has 0 saturated carbocycles. The Morgan fingerprint density at radius 1 is 1.29 bits per heavy atom. The summed E-state index contributed by atoms with van der Waals surface area (Å²) in [6.45, 7) is 1.90. The van der Waals surface area contributed by atoms with Crippen LogP contribution in [0.25, 0.3) is 0 Å². The van der Waals surface area contributed by atoms with Crippen LogP contribution in [0, 0.1) is 6.92 Å². The fourth-order valence-corrected chi connectivity index (χ4v) is 1.10. The number of oxime groups is 1. The zero-order valence-electron chi connectivity index (χ0n) is 9.36. The topological polar surface area (TPSA) is 67.8 Å². The number of aryl methyl sites for hydroxylation is 1. The average Bonchev–Trinajstić information content (AvgIpc) is 2.35. The van der Waals surface area contributed by atoms with Crippen molar-refractivity contribution < 1.29 is 14.4 Å². The first-order valence-electron chi connectivity index (χ1n) is 4.78. The van der Waals surface area contributed by atoms with Gasteiger partial charge in [0.05, 0.1) is 5.56 Å². The van der Waals surface area contributed by atoms with Crippen LogP contribution >= 0.6 is 11.6 Å². The first-order chi connectivity index (χ1) is 8.04. The van der Waals surface area contributed by atoms with Gasteiger partial charge in [-0.05, 0) is 19.1 Å². The molecule has 5 nitrogen and oxygen atoms in total. The summed E-state index contributed by atoms with van der Waals surface area (Å²) < 4.78 is 0. The van der Waals surface area contributed by atoms with Gasteiger partial charge in [0.15, 0.2) is 0 Å². The second-order valence-corrected chi connectivity index (χ2v) is 3.56. The Hall–Kier alpha value is -1.88. The molecule has 6 heteroatoms. The van der Waals surface area contributed by atoms with Gasteiger partial charge in [-0.2, -0.15) is 0 Å². The maximum atomic E-state index is 11.5. The van der Waals surface area contributed by atoms with Gasteiger partial charge < -0.3 is 10.2 Å². The second kappa shape index (κ2) is 6.00. The van der Waals surface area contributed by atoms with E-state index in [0.717, 1.165) is 5.56 Å². The molecule has 0 radical (unpaired) electrons. The Morgan fingerprint density at radius 2 is 1.88 bits per heavy atom. The highest BCUT2D eigenvalue weighted by Gasteiger charge is 2.10. The Labute approximate surface area is 103 Å². The van der Waals surface area contributed by atoms with Gasteiger partial charge in [-0.1, -0.05) is 34.5 Å². The number of amides is 1. The molecule has 0 aliphatic carbocycles. The van der Waals surface area contributed by atoms with Gasteiger partial charge in [0.2, 0.25) is 5.17 Å². The van der Waals surface area contributed by atoms with Gasteiger partial charge in [-0.15, -0.1) is 0 Å². The molecular weight excluding hydrogens is 244 g/mol. The molecule has 0 saturated heterocycles. The number of rotatable bonds is 3. The molecule has 0 heterocycles. The molecule has 17 heavy (non-hydrogen) atoms. The van der Waals surface area contributed by atoms with Crippen LogP contribution in [0.2, 0.25) is 0 Å². The molecule has 0 unspecified atom stereocenters. The van der Waals surface area contributed by atoms with Gasteiger partial charge in [-0.25, -0.2) is 4.79 Å². The lowest BCUT2D eigenvalue weighted by Gasteiger charge is -1.99. The smallest absolute Gasteiger partial charge is 0.353 e. The van der Waals surface area contributed by atoms with Crippen molar-refractivity contribution in [2.24, 2.45) is 5.16 Å². The second-order valence-electron chi connectivity index (χ2n) is 3.21. The van der Waals surface area contributed by atoms with E-state index in [4.69, 9.17) is 11.6 Å². The maximum absolute atomic E-state index is 11.5. The predicted octanol–water partition coefficient (Wildman–Crippen LogP) is 1.45. The number of halogens is 1. The molecule has 0 spiro atoms. The molecule has 0 atom stereocenters. The summed E-state index contributed by atoms with van der Waals surface area (Å²) in [6, 6.07) is 6.73. The van der Waals surface area contributed by atoms with Crippen molar-refractivity contribution >= 4 is 28.6 Å². The van der Waals surface area contributed by atoms with E-state index in [1.165, 1.54) is 7.05 Å². The molecule has 0 bridgehead atoms. The lowest BCUT2D eigenvalue weighted by Crippen LogP contribution is -2.24. The van der Waals surface area contributed by atoms with Gasteiger partial charge in [-0.3, -0.25) is 4.79 Å². The fourth-order valence-electron chi connectivity index (χ4n) is 0.968. The van der Waals surface area contributed by atoms with Gasteiger partial charge >= 0.3 is 5.97 Å². The third-order valence-corrected chi connectivity index (χ3v) is 2.15. The zero-order chi connectivity index (χ0) is 12.8. The molecule has 90 valence electrons. The van der Waals surface area contributed by atoms with E-state index in [-0.39, 0.29) is 0 Å². The van der Waals surface area contributed by atoms with Crippen LogP contribution in [0.4, 0.5) is 0 Å². The monoisotopic (exact) mass is 254 g/mol. The van der Waals surface area contributed by atoms with E-state index in [1.54, 1.807) is 24.3 Å². The summed E-state index contributed by atoms with van der Waals surface area (Å²) in [4.78, 5) is 26.9. The lowest BCUT2D eigenvalue weighted by atomic mass is 10.2. The number of benzene rings is 1. The largest absolute Gasteiger partial charge is 0.365 e. The Bertz CT molecular complexity index is 454. The maximum Gasteiger partial charge on any atom is 0.365 e.